The fourth-order valence-electron chi connectivity index (χ4n) is 10.6. The van der Waals surface area contributed by atoms with Crippen molar-refractivity contribution in [2.75, 3.05) is 48.5 Å². The molecule has 0 radical (unpaired) electrons. The summed E-state index contributed by atoms with van der Waals surface area (Å²) >= 11 is 0. The zero-order valence-electron chi connectivity index (χ0n) is 46.0. The summed E-state index contributed by atoms with van der Waals surface area (Å²) in [6.07, 6.45) is -15.0. The van der Waals surface area contributed by atoms with Gasteiger partial charge in [-0.15, -0.1) is 0 Å². The van der Waals surface area contributed by atoms with Crippen LogP contribution < -0.4 is 17.0 Å². The maximum Gasteiger partial charge on any atom is 0.330 e. The summed E-state index contributed by atoms with van der Waals surface area (Å²) in [4.78, 5) is 97.4. The molecular formula is C51H83N5O22. The highest BCUT2D eigenvalue weighted by Gasteiger charge is 2.57. The van der Waals surface area contributed by atoms with Crippen LogP contribution >= 0.6 is 0 Å². The van der Waals surface area contributed by atoms with E-state index in [-0.39, 0.29) is 25.8 Å². The van der Waals surface area contributed by atoms with Gasteiger partial charge in [0, 0.05) is 66.6 Å². The number of aromatic amines is 1. The van der Waals surface area contributed by atoms with Crippen molar-refractivity contribution in [3.8, 4) is 0 Å². The lowest BCUT2D eigenvalue weighted by Gasteiger charge is -2.43. The number of rotatable bonds is 28. The van der Waals surface area contributed by atoms with Gasteiger partial charge in [-0.25, -0.2) is 9.59 Å². The number of carboxylic acids is 1. The Morgan fingerprint density at radius 3 is 1.96 bits per heavy atom. The molecule has 1 aromatic heterocycles. The molecule has 78 heavy (non-hydrogen) atoms. The van der Waals surface area contributed by atoms with E-state index in [1.807, 2.05) is 4.98 Å². The number of hydrogen-bond donors (Lipinski definition) is 7. The minimum atomic E-state index is -1.97. The number of amides is 1. The van der Waals surface area contributed by atoms with Gasteiger partial charge in [0.15, 0.2) is 18.6 Å². The number of ether oxygens (including phenoxy) is 10. The lowest BCUT2D eigenvalue weighted by Crippen LogP contribution is -2.59. The number of nitrogens with two attached hydrogens (primary N) is 1. The molecule has 0 aliphatic carbocycles. The predicted molar refractivity (Wildman–Crippen MR) is 270 cm³/mol. The van der Waals surface area contributed by atoms with Crippen LogP contribution in [-0.2, 0) is 71.3 Å². The number of H-pyrrole nitrogens is 1. The maximum atomic E-state index is 14.7. The Bertz CT molecular complexity index is 2230. The number of carbonyl (C=O) groups is 5. The lowest BCUT2D eigenvalue weighted by atomic mass is 9.97. The molecule has 4 aliphatic heterocycles. The number of hydrogen-bond acceptors (Lipinski definition) is 23. The molecule has 1 amide bonds. The normalized spacial score (nSPS) is 32.9. The number of carbonyl (C=O) groups excluding carboxylic acids is 4. The third-order valence-corrected chi connectivity index (χ3v) is 14.8. The van der Waals surface area contributed by atoms with Crippen LogP contribution in [-0.4, -0.2) is 227 Å². The van der Waals surface area contributed by atoms with E-state index in [0.29, 0.717) is 12.3 Å². The summed E-state index contributed by atoms with van der Waals surface area (Å²) in [5, 5.41) is 55.1. The van der Waals surface area contributed by atoms with Crippen molar-refractivity contribution >= 4 is 29.8 Å². The number of nitrogens with one attached hydrogen (secondary N) is 1. The summed E-state index contributed by atoms with van der Waals surface area (Å²) in [5.41, 5.74) is 3.94. The predicted octanol–water partition coefficient (Wildman–Crippen LogP) is -1.09. The molecule has 27 nitrogen and oxygen atoms in total. The summed E-state index contributed by atoms with van der Waals surface area (Å²) in [7, 11) is 6.87. The van der Waals surface area contributed by atoms with E-state index in [1.54, 1.807) is 13.8 Å². The third-order valence-electron chi connectivity index (χ3n) is 14.8. The largest absolute Gasteiger partial charge is 0.480 e. The zero-order valence-corrected chi connectivity index (χ0v) is 46.0. The first-order valence-corrected chi connectivity index (χ1v) is 26.7. The Kier molecular flexibility index (Phi) is 24.6. The molecule has 19 atom stereocenters. The van der Waals surface area contributed by atoms with Crippen LogP contribution in [0.15, 0.2) is 21.9 Å². The van der Waals surface area contributed by atoms with Crippen molar-refractivity contribution in [2.24, 2.45) is 17.6 Å². The summed E-state index contributed by atoms with van der Waals surface area (Å²) in [5.74, 6) is -4.99. The molecule has 1 aromatic rings. The van der Waals surface area contributed by atoms with Gasteiger partial charge in [0.05, 0.1) is 12.5 Å². The summed E-state index contributed by atoms with van der Waals surface area (Å²) in [6, 6.07) is -2.60. The molecule has 4 saturated heterocycles. The lowest BCUT2D eigenvalue weighted by molar-refractivity contribution is -0.297. The molecule has 0 aromatic carbocycles. The smallest absolute Gasteiger partial charge is 0.330 e. The highest BCUT2D eigenvalue weighted by molar-refractivity contribution is 5.88. The Labute approximate surface area is 452 Å². The van der Waals surface area contributed by atoms with Gasteiger partial charge < -0.3 is 83.5 Å². The molecular weight excluding hydrogens is 1030 g/mol. The van der Waals surface area contributed by atoms with Crippen LogP contribution in [0.4, 0.5) is 0 Å². The van der Waals surface area contributed by atoms with Gasteiger partial charge >= 0.3 is 29.6 Å². The van der Waals surface area contributed by atoms with Crippen molar-refractivity contribution in [2.45, 2.75) is 209 Å². The number of aromatic nitrogens is 2. The number of aliphatic carboxylic acids is 1. The van der Waals surface area contributed by atoms with Crippen LogP contribution in [0.1, 0.15) is 105 Å². The summed E-state index contributed by atoms with van der Waals surface area (Å²) in [6.45, 7) is 6.93. The van der Waals surface area contributed by atoms with Gasteiger partial charge in [-0.2, -0.15) is 0 Å². The SMILES string of the molecule is COC1C(C)OC(OC(=O)CC(C)CC(=O)OC(CCCCCCCCC(C)C)CC(=O)O[C@H]2CN(C)[C@@H]([C@H](O[C@@H]3O[C@H](CN)C(O)[C@@H]3O)[C@H]3OC(n4ccc(=O)[nH]c4=O)C(O)[C@H]3O)C(=O)N(C)[C@@H]2C(=O)O)C(OC)C1OC. The van der Waals surface area contributed by atoms with Crippen LogP contribution in [0, 0.1) is 11.8 Å². The Balaban J connectivity index is 1.33. The Hall–Kier alpha value is -4.49. The van der Waals surface area contributed by atoms with Gasteiger partial charge in [0.1, 0.15) is 79.3 Å². The molecule has 444 valence electrons. The molecule has 8 N–H and O–H groups in total. The summed E-state index contributed by atoms with van der Waals surface area (Å²) < 4.78 is 58.7. The second kappa shape index (κ2) is 29.8. The average molecular weight is 1120 g/mol. The van der Waals surface area contributed by atoms with Crippen LogP contribution in [0.2, 0.25) is 0 Å². The fraction of sp³-hybridized carbons (Fsp3) is 0.824. The standard InChI is InChI=1S/C51H83N5O22/c1-25(2)16-14-12-10-11-13-15-17-28(73-32(58)20-26(3)21-33(59)76-50-45(71-9)44(70-8)41(69-7)27(4)72-50)22-34(60)74-30-24-54(5)36(46(65)55(6)35(30)48(66)67)42(78-49-40(64)37(61)29(23-52)75-49)43-38(62)39(63)47(77-43)56-19-18-31(57)53-51(56)68/h18-19,25-30,35-45,47,49-50,61-64H,10-17,20-24,52H2,1-9H3,(H,66,67)(H,53,57,68)/t26?,27?,28?,29-,30+,35+,36+,37?,38-,39?,40+,41?,42+,43+,44?,45?,47?,49+,50?/m1/s1. The monoisotopic (exact) mass is 1120 g/mol. The zero-order chi connectivity index (χ0) is 57.7. The number of nitrogens with zero attached hydrogens (tertiary/aromatic N) is 3. The van der Waals surface area contributed by atoms with Gasteiger partial charge in [-0.1, -0.05) is 59.3 Å². The highest BCUT2D eigenvalue weighted by atomic mass is 16.7. The number of aliphatic hydroxyl groups excluding tert-OH is 4. The van der Waals surface area contributed by atoms with Gasteiger partial charge in [0.25, 0.3) is 5.56 Å². The van der Waals surface area contributed by atoms with Gasteiger partial charge in [-0.3, -0.25) is 38.4 Å². The topological polar surface area (TPSA) is 366 Å². The molecule has 10 unspecified atom stereocenters. The Morgan fingerprint density at radius 2 is 1.37 bits per heavy atom. The minimum Gasteiger partial charge on any atom is -0.480 e. The van der Waals surface area contributed by atoms with E-state index in [1.165, 1.54) is 33.3 Å². The van der Waals surface area contributed by atoms with Crippen molar-refractivity contribution in [1.82, 2.24) is 19.4 Å². The van der Waals surface area contributed by atoms with Crippen LogP contribution in [0.25, 0.3) is 0 Å². The van der Waals surface area contributed by atoms with E-state index >= 15 is 0 Å². The van der Waals surface area contributed by atoms with Crippen molar-refractivity contribution in [3.05, 3.63) is 33.1 Å². The van der Waals surface area contributed by atoms with E-state index in [2.05, 4.69) is 13.8 Å². The molecule has 4 fully saturated rings. The quantitative estimate of drug-likeness (QED) is 0.0298. The number of esters is 3. The first-order valence-electron chi connectivity index (χ1n) is 26.7. The molecule has 27 heteroatoms. The Morgan fingerprint density at radius 1 is 0.756 bits per heavy atom. The fourth-order valence-corrected chi connectivity index (χ4v) is 10.6. The first-order chi connectivity index (χ1) is 37.0. The van der Waals surface area contributed by atoms with Crippen LogP contribution in [0.5, 0.6) is 0 Å². The first kappa shape index (κ1) is 64.3. The second-order valence-corrected chi connectivity index (χ2v) is 21.2. The minimum absolute atomic E-state index is 0.216. The number of likely N-dealkylation sites (N-methyl/N-ethyl adjacent to an activating group) is 2. The molecule has 5 heterocycles. The van der Waals surface area contributed by atoms with E-state index in [0.717, 1.165) is 67.3 Å². The van der Waals surface area contributed by atoms with Crippen molar-refractivity contribution in [1.29, 1.82) is 0 Å². The highest BCUT2D eigenvalue weighted by Crippen LogP contribution is 2.37. The third kappa shape index (κ3) is 16.3. The number of aliphatic hydroxyl groups is 4. The maximum absolute atomic E-state index is 14.7. The van der Waals surface area contributed by atoms with Crippen molar-refractivity contribution < 1.29 is 96.9 Å². The average Bonchev–Trinajstić information content (AvgIpc) is 3.86. The van der Waals surface area contributed by atoms with Gasteiger partial charge in [-0.05, 0) is 38.6 Å². The number of methoxy groups -OCH3 is 3. The molecule has 0 saturated carbocycles. The molecule has 0 spiro atoms. The molecule has 0 bridgehead atoms. The second-order valence-electron chi connectivity index (χ2n) is 21.2. The molecule has 5 rings (SSSR count). The van der Waals surface area contributed by atoms with E-state index < -0.39 is 170 Å². The van der Waals surface area contributed by atoms with E-state index in [4.69, 9.17) is 53.1 Å². The van der Waals surface area contributed by atoms with E-state index in [9.17, 15) is 59.1 Å². The molecule has 4 aliphatic rings. The van der Waals surface area contributed by atoms with Gasteiger partial charge in [0.2, 0.25) is 12.2 Å². The number of carboxylic acid groups (broad SMARTS) is 1. The number of unbranched alkanes of at least 4 members (excludes halogenated alkanes) is 5. The van der Waals surface area contributed by atoms with Crippen LogP contribution in [0.3, 0.4) is 0 Å². The van der Waals surface area contributed by atoms with Crippen molar-refractivity contribution in [3.63, 3.8) is 0 Å².